The van der Waals surface area contributed by atoms with E-state index < -0.39 is 17.1 Å². The fraction of sp³-hybridized carbons (Fsp3) is 0.150. The highest BCUT2D eigenvalue weighted by Gasteiger charge is 2.22. The van der Waals surface area contributed by atoms with Crippen LogP contribution < -0.4 is 16.0 Å². The summed E-state index contributed by atoms with van der Waals surface area (Å²) in [6.45, 7) is -0.110. The Kier molecular flexibility index (Phi) is 5.25. The molecule has 0 saturated carbocycles. The second-order valence-electron chi connectivity index (χ2n) is 6.61. The molecule has 0 spiro atoms. The van der Waals surface area contributed by atoms with Gasteiger partial charge in [-0.3, -0.25) is 18.5 Å². The minimum Gasteiger partial charge on any atom is -0.425 e. The highest BCUT2D eigenvalue weighted by atomic mass is 79.9. The van der Waals surface area contributed by atoms with Crippen molar-refractivity contribution in [2.75, 3.05) is 0 Å². The van der Waals surface area contributed by atoms with Crippen molar-refractivity contribution in [3.8, 4) is 11.8 Å². The van der Waals surface area contributed by atoms with E-state index in [0.29, 0.717) is 5.75 Å². The highest BCUT2D eigenvalue weighted by Crippen LogP contribution is 2.28. The lowest BCUT2D eigenvalue weighted by Gasteiger charge is -2.12. The fourth-order valence-electron chi connectivity index (χ4n) is 3.10. The normalized spacial score (nSPS) is 11.2. The number of imidazole rings is 1. The Morgan fingerprint density at radius 3 is 2.47 bits per heavy atom. The number of aryl methyl sites for hydroxylation is 1. The van der Waals surface area contributed by atoms with Crippen LogP contribution in [-0.2, 0) is 20.6 Å². The summed E-state index contributed by atoms with van der Waals surface area (Å²) in [5, 5.41) is 0.202. The first-order chi connectivity index (χ1) is 14.3. The molecule has 7 nitrogen and oxygen atoms in total. The van der Waals surface area contributed by atoms with Crippen molar-refractivity contribution in [1.29, 1.82) is 0 Å². The van der Waals surface area contributed by atoms with Gasteiger partial charge in [-0.1, -0.05) is 33.6 Å². The number of aromatic nitrogens is 4. The maximum Gasteiger partial charge on any atom is 0.332 e. The number of hydrogen-bond acceptors (Lipinski definition) is 4. The van der Waals surface area contributed by atoms with Gasteiger partial charge in [0.1, 0.15) is 11.6 Å². The van der Waals surface area contributed by atoms with E-state index in [1.807, 2.05) is 0 Å². The average molecular weight is 494 g/mol. The van der Waals surface area contributed by atoms with E-state index in [1.165, 1.54) is 35.4 Å². The molecule has 154 valence electrons. The molecule has 0 aliphatic heterocycles. The zero-order valence-electron chi connectivity index (χ0n) is 15.9. The van der Waals surface area contributed by atoms with Crippen molar-refractivity contribution in [2.24, 2.45) is 14.1 Å². The highest BCUT2D eigenvalue weighted by molar-refractivity contribution is 9.10. The topological polar surface area (TPSA) is 71.1 Å². The van der Waals surface area contributed by atoms with Gasteiger partial charge in [-0.05, 0) is 36.4 Å². The number of benzene rings is 2. The molecule has 0 saturated heterocycles. The summed E-state index contributed by atoms with van der Waals surface area (Å²) < 4.78 is 24.8. The van der Waals surface area contributed by atoms with Crippen LogP contribution in [0.15, 0.2) is 56.5 Å². The molecule has 10 heteroatoms. The molecule has 0 atom stereocenters. The van der Waals surface area contributed by atoms with Crippen molar-refractivity contribution < 1.29 is 9.13 Å². The minimum atomic E-state index is -0.571. The Bertz CT molecular complexity index is 1370. The Morgan fingerprint density at radius 2 is 1.80 bits per heavy atom. The lowest BCUT2D eigenvalue weighted by Crippen LogP contribution is -2.37. The van der Waals surface area contributed by atoms with Gasteiger partial charge in [-0.25, -0.2) is 9.18 Å². The van der Waals surface area contributed by atoms with Gasteiger partial charge in [-0.15, -0.1) is 0 Å². The van der Waals surface area contributed by atoms with E-state index in [2.05, 4.69) is 20.9 Å². The zero-order valence-corrected chi connectivity index (χ0v) is 18.2. The molecule has 4 rings (SSSR count). The van der Waals surface area contributed by atoms with Crippen LogP contribution in [0.3, 0.4) is 0 Å². The lowest BCUT2D eigenvalue weighted by atomic mass is 10.2. The third kappa shape index (κ3) is 3.44. The summed E-state index contributed by atoms with van der Waals surface area (Å²) in [5.74, 6) is -0.0724. The number of nitrogens with zero attached hydrogens (tertiary/aromatic N) is 4. The summed E-state index contributed by atoms with van der Waals surface area (Å²) in [6.07, 6.45) is 0. The van der Waals surface area contributed by atoms with Crippen LogP contribution in [0, 0.1) is 5.82 Å². The monoisotopic (exact) mass is 492 g/mol. The Hall–Kier alpha value is -2.91. The van der Waals surface area contributed by atoms with Crippen molar-refractivity contribution in [3.63, 3.8) is 0 Å². The summed E-state index contributed by atoms with van der Waals surface area (Å²) >= 11 is 9.55. The molecule has 0 radical (unpaired) electrons. The summed E-state index contributed by atoms with van der Waals surface area (Å²) in [5.41, 5.74) is -0.696. The Labute approximate surface area is 183 Å². The number of hydrogen-bond donors (Lipinski definition) is 0. The molecule has 2 aromatic carbocycles. The van der Waals surface area contributed by atoms with E-state index in [-0.39, 0.29) is 34.3 Å². The van der Waals surface area contributed by atoms with Crippen LogP contribution >= 0.6 is 27.5 Å². The summed E-state index contributed by atoms with van der Waals surface area (Å²) in [6, 6.07) is 11.4. The van der Waals surface area contributed by atoms with E-state index in [0.717, 1.165) is 9.04 Å². The second kappa shape index (κ2) is 7.73. The number of halogens is 3. The quantitative estimate of drug-likeness (QED) is 0.433. The van der Waals surface area contributed by atoms with Gasteiger partial charge >= 0.3 is 11.7 Å². The molecule has 2 aromatic heterocycles. The van der Waals surface area contributed by atoms with E-state index in [4.69, 9.17) is 16.3 Å². The largest absolute Gasteiger partial charge is 0.425 e. The van der Waals surface area contributed by atoms with Crippen molar-refractivity contribution in [2.45, 2.75) is 6.54 Å². The Morgan fingerprint density at radius 1 is 1.10 bits per heavy atom. The van der Waals surface area contributed by atoms with Gasteiger partial charge < -0.3 is 4.74 Å². The zero-order chi connectivity index (χ0) is 21.6. The van der Waals surface area contributed by atoms with Gasteiger partial charge in [0.2, 0.25) is 0 Å². The number of rotatable bonds is 4. The first-order valence-electron chi connectivity index (χ1n) is 8.80. The number of ether oxygens (including phenoxy) is 1. The molecule has 0 bridgehead atoms. The van der Waals surface area contributed by atoms with E-state index >= 15 is 0 Å². The summed E-state index contributed by atoms with van der Waals surface area (Å²) in [7, 11) is 2.87. The van der Waals surface area contributed by atoms with Crippen LogP contribution in [0.5, 0.6) is 11.8 Å². The third-order valence-corrected chi connectivity index (χ3v) is 5.60. The standard InChI is InChI=1S/C20H15BrClFN4O3/c1-25-17-16(18(28)26(2)20(25)29)27(10-13-14(22)4-3-5-15(13)23)19(24-17)30-12-8-6-11(21)7-9-12/h3-9H,10H2,1-2H3. The van der Waals surface area contributed by atoms with Gasteiger partial charge in [0.15, 0.2) is 11.2 Å². The van der Waals surface area contributed by atoms with Crippen molar-refractivity contribution in [1.82, 2.24) is 18.7 Å². The minimum absolute atomic E-state index is 0.0324. The maximum atomic E-state index is 14.5. The van der Waals surface area contributed by atoms with Gasteiger partial charge in [0, 0.05) is 29.2 Å². The third-order valence-electron chi connectivity index (χ3n) is 4.71. The van der Waals surface area contributed by atoms with Crippen LogP contribution in [0.4, 0.5) is 4.39 Å². The first-order valence-corrected chi connectivity index (χ1v) is 9.97. The summed E-state index contributed by atoms with van der Waals surface area (Å²) in [4.78, 5) is 29.6. The molecule has 0 unspecified atom stereocenters. The van der Waals surface area contributed by atoms with Crippen LogP contribution in [0.25, 0.3) is 11.2 Å². The predicted octanol–water partition coefficient (Wildman–Crippen LogP) is 3.83. The van der Waals surface area contributed by atoms with Crippen molar-refractivity contribution >= 4 is 38.7 Å². The van der Waals surface area contributed by atoms with Crippen LogP contribution in [0.1, 0.15) is 5.56 Å². The molecule has 2 heterocycles. The lowest BCUT2D eigenvalue weighted by molar-refractivity contribution is 0.419. The molecule has 0 aliphatic rings. The molecule has 30 heavy (non-hydrogen) atoms. The van der Waals surface area contributed by atoms with Gasteiger partial charge in [0.25, 0.3) is 5.56 Å². The molecule has 4 aromatic rings. The first kappa shape index (κ1) is 20.4. The molecule has 0 fully saturated rings. The maximum absolute atomic E-state index is 14.5. The molecule has 0 aliphatic carbocycles. The van der Waals surface area contributed by atoms with Crippen LogP contribution in [-0.4, -0.2) is 18.7 Å². The van der Waals surface area contributed by atoms with E-state index in [1.54, 1.807) is 30.3 Å². The number of fused-ring (bicyclic) bond motifs is 1. The predicted molar refractivity (Wildman–Crippen MR) is 115 cm³/mol. The van der Waals surface area contributed by atoms with E-state index in [9.17, 15) is 14.0 Å². The van der Waals surface area contributed by atoms with Crippen LogP contribution in [0.2, 0.25) is 5.02 Å². The van der Waals surface area contributed by atoms with Crippen molar-refractivity contribution in [3.05, 3.63) is 84.2 Å². The molecular weight excluding hydrogens is 479 g/mol. The second-order valence-corrected chi connectivity index (χ2v) is 7.94. The van der Waals surface area contributed by atoms with Gasteiger partial charge in [0.05, 0.1) is 6.54 Å². The Balaban J connectivity index is 1.98. The smallest absolute Gasteiger partial charge is 0.332 e. The molecule has 0 amide bonds. The SMILES string of the molecule is Cn1c(=O)c2c(nc(Oc3ccc(Br)cc3)n2Cc2c(F)cccc2Cl)n(C)c1=O. The average Bonchev–Trinajstić information content (AvgIpc) is 3.07. The molecular formula is C20H15BrClFN4O3. The van der Waals surface area contributed by atoms with Gasteiger partial charge in [-0.2, -0.15) is 4.98 Å². The fourth-order valence-corrected chi connectivity index (χ4v) is 3.59. The molecule has 0 N–H and O–H groups in total.